The number of rotatable bonds is 11. The molecule has 0 aliphatic carbocycles. The highest BCUT2D eigenvalue weighted by molar-refractivity contribution is 6.24. The van der Waals surface area contributed by atoms with Crippen LogP contribution in [-0.4, -0.2) is 44.0 Å². The normalized spacial score (nSPS) is 11.8. The van der Waals surface area contributed by atoms with Gasteiger partial charge in [0, 0.05) is 93.7 Å². The van der Waals surface area contributed by atoms with E-state index >= 15 is 0 Å². The lowest BCUT2D eigenvalue weighted by molar-refractivity contribution is 1.08. The van der Waals surface area contributed by atoms with Crippen molar-refractivity contribution in [1.82, 2.24) is 44.0 Å². The lowest BCUT2D eigenvalue weighted by Gasteiger charge is -2.16. The van der Waals surface area contributed by atoms with E-state index in [0.29, 0.717) is 17.5 Å². The third-order valence-corrected chi connectivity index (χ3v) is 21.0. The van der Waals surface area contributed by atoms with Gasteiger partial charge in [0.15, 0.2) is 17.5 Å². The van der Waals surface area contributed by atoms with Crippen molar-refractivity contribution in [2.45, 2.75) is 0 Å². The van der Waals surface area contributed by atoms with Crippen molar-refractivity contribution >= 4 is 98.0 Å². The molecule has 0 spiro atoms. The molecule has 9 nitrogen and oxygen atoms in total. The Labute approximate surface area is 609 Å². The molecule has 0 aliphatic rings. The molecule has 492 valence electrons. The van der Waals surface area contributed by atoms with E-state index in [4.69, 9.17) is 34.9 Å². The van der Waals surface area contributed by atoms with Crippen molar-refractivity contribution in [1.29, 1.82) is 0 Å². The van der Waals surface area contributed by atoms with Crippen LogP contribution in [-0.2, 0) is 0 Å². The Morgan fingerprint density at radius 1 is 0.236 bits per heavy atom. The van der Waals surface area contributed by atoms with Crippen molar-refractivity contribution in [2.75, 3.05) is 0 Å². The summed E-state index contributed by atoms with van der Waals surface area (Å²) in [6.45, 7) is 0. The van der Waals surface area contributed by atoms with E-state index in [0.717, 1.165) is 193 Å². The lowest BCUT2D eigenvalue weighted by Crippen LogP contribution is -2.02. The van der Waals surface area contributed by atoms with Gasteiger partial charge in [-0.15, -0.1) is 0 Å². The average molecular weight is 1350 g/mol. The zero-order chi connectivity index (χ0) is 69.8. The first-order chi connectivity index (χ1) is 52.6. The van der Waals surface area contributed by atoms with Crippen LogP contribution in [0.5, 0.6) is 0 Å². The molecule has 9 heteroatoms. The van der Waals surface area contributed by atoms with Gasteiger partial charge in [-0.05, 0) is 105 Å². The van der Waals surface area contributed by atoms with Crippen LogP contribution >= 0.6 is 0 Å². The van der Waals surface area contributed by atoms with Crippen LogP contribution in [0.25, 0.3) is 211 Å². The summed E-state index contributed by atoms with van der Waals surface area (Å²) in [5, 5.41) is 10.7. The number of nitrogens with zero attached hydrogens (tertiary/aromatic N) is 9. The largest absolute Gasteiger partial charge is 0.308 e. The molecule has 0 radical (unpaired) electrons. The van der Waals surface area contributed by atoms with Crippen LogP contribution in [0.15, 0.2) is 358 Å². The van der Waals surface area contributed by atoms with Gasteiger partial charge in [0.1, 0.15) is 0 Å². The molecule has 0 aliphatic heterocycles. The molecule has 0 N–H and O–H groups in total. The van der Waals surface area contributed by atoms with Gasteiger partial charge in [-0.25, -0.2) is 29.9 Å². The van der Waals surface area contributed by atoms with Crippen LogP contribution in [0.4, 0.5) is 0 Å². The molecule has 14 aromatic carbocycles. The van der Waals surface area contributed by atoms with E-state index in [2.05, 4.69) is 343 Å². The van der Waals surface area contributed by atoms with Crippen molar-refractivity contribution < 1.29 is 0 Å². The molecule has 0 atom stereocenters. The highest BCUT2D eigenvalue weighted by Crippen LogP contribution is 2.46. The lowest BCUT2D eigenvalue weighted by atomic mass is 9.95. The van der Waals surface area contributed by atoms with Gasteiger partial charge >= 0.3 is 0 Å². The molecule has 0 unspecified atom stereocenters. The quantitative estimate of drug-likeness (QED) is 0.119. The minimum absolute atomic E-state index is 0.587. The summed E-state index contributed by atoms with van der Waals surface area (Å²) >= 11 is 0. The molecule has 0 saturated heterocycles. The second kappa shape index (κ2) is 24.7. The van der Waals surface area contributed by atoms with E-state index < -0.39 is 0 Å². The van der Waals surface area contributed by atoms with Crippen LogP contribution in [0.2, 0.25) is 0 Å². The van der Waals surface area contributed by atoms with Crippen LogP contribution in [0.1, 0.15) is 0 Å². The summed E-state index contributed by atoms with van der Waals surface area (Å²) in [7, 11) is 0. The number of para-hydroxylation sites is 4. The minimum atomic E-state index is 0.587. The van der Waals surface area contributed by atoms with Crippen LogP contribution in [0, 0.1) is 0 Å². The average Bonchev–Trinajstić information content (AvgIpc) is 1.55. The van der Waals surface area contributed by atoms with E-state index in [-0.39, 0.29) is 0 Å². The highest BCUT2D eigenvalue weighted by Gasteiger charge is 2.26. The van der Waals surface area contributed by atoms with Gasteiger partial charge in [-0.2, -0.15) is 0 Å². The van der Waals surface area contributed by atoms with Gasteiger partial charge in [0.25, 0.3) is 0 Å². The second-order valence-corrected chi connectivity index (χ2v) is 27.1. The highest BCUT2D eigenvalue weighted by atomic mass is 15.0. The van der Waals surface area contributed by atoms with Crippen LogP contribution < -0.4 is 0 Å². The first-order valence-corrected chi connectivity index (χ1v) is 35.8. The number of fused-ring (bicyclic) bond motifs is 14. The monoisotopic (exact) mass is 1350 g/mol. The number of hydrogen-bond acceptors (Lipinski definition) is 7. The molecule has 0 fully saturated rings. The van der Waals surface area contributed by atoms with E-state index in [1.165, 1.54) is 0 Å². The summed E-state index contributed by atoms with van der Waals surface area (Å²) in [5.74, 6) is 1.78. The summed E-state index contributed by atoms with van der Waals surface area (Å²) in [6, 6.07) is 124. The number of pyridine rings is 4. The fourth-order valence-electron chi connectivity index (χ4n) is 16.0. The Hall–Kier alpha value is -14.4. The number of aromatic nitrogens is 9. The zero-order valence-electron chi connectivity index (χ0n) is 57.1. The topological polar surface area (TPSA) is 100 Å². The van der Waals surface area contributed by atoms with Crippen molar-refractivity contribution in [3.63, 3.8) is 0 Å². The minimum Gasteiger partial charge on any atom is -0.308 e. The van der Waals surface area contributed by atoms with Crippen molar-refractivity contribution in [3.05, 3.63) is 358 Å². The Kier molecular flexibility index (Phi) is 14.1. The molecule has 21 aromatic rings. The molecule has 0 amide bonds. The maximum absolute atomic E-state index is 5.59. The molecule has 21 rings (SSSR count). The molecular formula is C97H59N9. The third kappa shape index (κ3) is 9.97. The van der Waals surface area contributed by atoms with E-state index in [1.54, 1.807) is 0 Å². The summed E-state index contributed by atoms with van der Waals surface area (Å²) in [5.41, 5.74) is 25.3. The molecule has 0 saturated carbocycles. The van der Waals surface area contributed by atoms with Gasteiger partial charge in [-0.3, -0.25) is 4.98 Å². The molecule has 0 bridgehead atoms. The maximum Gasteiger partial charge on any atom is 0.164 e. The summed E-state index contributed by atoms with van der Waals surface area (Å²) in [4.78, 5) is 37.3. The smallest absolute Gasteiger partial charge is 0.164 e. The molecule has 106 heavy (non-hydrogen) atoms. The zero-order valence-corrected chi connectivity index (χ0v) is 57.1. The number of benzene rings is 14. The Morgan fingerprint density at radius 3 is 1.26 bits per heavy atom. The fraction of sp³-hybridized carbons (Fsp3) is 0. The predicted octanol–water partition coefficient (Wildman–Crippen LogP) is 24.4. The molecular weight excluding hydrogens is 1290 g/mol. The fourth-order valence-corrected chi connectivity index (χ4v) is 16.0. The molecule has 7 aromatic heterocycles. The predicted molar refractivity (Wildman–Crippen MR) is 436 cm³/mol. The number of hydrogen-bond donors (Lipinski definition) is 0. The SMILES string of the molecule is c1ccc(-c2ccc(-c3nc(-c4ccc(-c5ccccc5)cc4)nc(-c4ccc(-n5c6ccccc6c6c(-c7ccc(-c8cc9ccc(-c%10ccc(-n%11c%12ccccc%12c%12c(-c%13ccccc%13)nc%13ccccc%13c%12%11)cc%10)nc9c9ncccc89)cc7)nc7ccccc7c65)c5ccccc45)n3)cc2)cc1. The van der Waals surface area contributed by atoms with Crippen LogP contribution in [0.3, 0.4) is 0 Å². The van der Waals surface area contributed by atoms with Crippen molar-refractivity contribution in [2.24, 2.45) is 0 Å². The Balaban J connectivity index is 0.650. The summed E-state index contributed by atoms with van der Waals surface area (Å²) < 4.78 is 4.84. The van der Waals surface area contributed by atoms with Gasteiger partial charge < -0.3 is 9.13 Å². The molecule has 7 heterocycles. The maximum atomic E-state index is 5.59. The standard InChI is InChI=1S/C97H59N9/c1-4-21-60(22-5-1)62-38-46-68(47-39-62)95-102-96(69-48-40-63(41-49-69)61-23-6-2-7-24-61)104-97(103-95)75-55-57-86(73-28-11-10-27-72(73)75)106-85-37-19-15-32-79(85)88-90(101-83-35-17-13-30-77(83)94(88)106)67-44-42-64(43-45-67)80-59-70-52-56-81(99-91(70)92-74(80)33-20-58-98-92)65-50-53-71(54-51-65)105-84-36-18-14-31-78(84)87-89(66-25-8-3-9-26-66)100-82-34-16-12-29-76(82)93(87)105/h1-59H. The van der Waals surface area contributed by atoms with Gasteiger partial charge in [0.2, 0.25) is 0 Å². The second-order valence-electron chi connectivity index (χ2n) is 27.1. The Morgan fingerprint density at radius 2 is 0.670 bits per heavy atom. The first kappa shape index (κ1) is 60.4. The first-order valence-electron chi connectivity index (χ1n) is 35.8. The summed E-state index contributed by atoms with van der Waals surface area (Å²) in [6.07, 6.45) is 1.87. The Bertz CT molecular complexity index is 6980. The van der Waals surface area contributed by atoms with Gasteiger partial charge in [0.05, 0.1) is 66.9 Å². The van der Waals surface area contributed by atoms with E-state index in [9.17, 15) is 0 Å². The van der Waals surface area contributed by atoms with Gasteiger partial charge in [-0.1, -0.05) is 285 Å². The van der Waals surface area contributed by atoms with Crippen molar-refractivity contribution in [3.8, 4) is 113 Å². The van der Waals surface area contributed by atoms with E-state index in [1.807, 2.05) is 24.4 Å². The third-order valence-electron chi connectivity index (χ3n) is 21.0.